The summed E-state index contributed by atoms with van der Waals surface area (Å²) < 4.78 is 9.71. The molecule has 0 heterocycles. The van der Waals surface area contributed by atoms with Crippen molar-refractivity contribution in [1.82, 2.24) is 0 Å². The van der Waals surface area contributed by atoms with Crippen LogP contribution < -0.4 is 0 Å². The molecule has 0 rings (SSSR count). The van der Waals surface area contributed by atoms with Crippen LogP contribution in [-0.4, -0.2) is 35.7 Å². The number of thiol groups is 2. The molecule has 14 heavy (non-hydrogen) atoms. The third kappa shape index (κ3) is 8.40. The highest BCUT2D eigenvalue weighted by Crippen LogP contribution is 1.89. The van der Waals surface area contributed by atoms with Crippen LogP contribution in [0.15, 0.2) is 12.2 Å². The number of carbonyl (C=O) groups excluding carboxylic acids is 1. The number of thiocarbonyl (C=S) groups is 1. The molecule has 0 N–H and O–H groups in total. The SMILES string of the molecule is O=C(/C=C\C(=S)OCCS)OCCS. The first-order valence-electron chi connectivity index (χ1n) is 3.94. The Bertz CT molecular complexity index is 194. The molecular weight excluding hydrogens is 240 g/mol. The number of ether oxygens (including phenoxy) is 2. The second-order valence-electron chi connectivity index (χ2n) is 2.12. The summed E-state index contributed by atoms with van der Waals surface area (Å²) in [5, 5.41) is 0.252. The van der Waals surface area contributed by atoms with E-state index in [0.29, 0.717) is 18.1 Å². The molecule has 80 valence electrons. The van der Waals surface area contributed by atoms with Crippen molar-refractivity contribution in [2.24, 2.45) is 0 Å². The lowest BCUT2D eigenvalue weighted by atomic mass is 10.5. The zero-order valence-corrected chi connectivity index (χ0v) is 10.1. The highest BCUT2D eigenvalue weighted by Gasteiger charge is 1.96. The van der Waals surface area contributed by atoms with Crippen LogP contribution in [0.4, 0.5) is 0 Å². The van der Waals surface area contributed by atoms with Crippen molar-refractivity contribution >= 4 is 48.5 Å². The Kier molecular flexibility index (Phi) is 9.23. The van der Waals surface area contributed by atoms with Gasteiger partial charge in [-0.15, -0.1) is 0 Å². The minimum Gasteiger partial charge on any atom is -0.482 e. The summed E-state index contributed by atoms with van der Waals surface area (Å²) in [6.07, 6.45) is 2.61. The van der Waals surface area contributed by atoms with Gasteiger partial charge in [0.2, 0.25) is 0 Å². The first kappa shape index (κ1) is 13.8. The zero-order valence-electron chi connectivity index (χ0n) is 7.51. The molecule has 0 bridgehead atoms. The van der Waals surface area contributed by atoms with Gasteiger partial charge in [-0.05, 0) is 18.3 Å². The van der Waals surface area contributed by atoms with E-state index < -0.39 is 5.97 Å². The highest BCUT2D eigenvalue weighted by molar-refractivity contribution is 7.80. The predicted molar refractivity (Wildman–Crippen MR) is 66.4 cm³/mol. The molecule has 3 nitrogen and oxygen atoms in total. The van der Waals surface area contributed by atoms with Crippen LogP contribution in [0.2, 0.25) is 0 Å². The van der Waals surface area contributed by atoms with Gasteiger partial charge in [-0.2, -0.15) is 25.3 Å². The summed E-state index contributed by atoms with van der Waals surface area (Å²) in [6, 6.07) is 0. The van der Waals surface area contributed by atoms with E-state index in [1.165, 1.54) is 12.2 Å². The maximum absolute atomic E-state index is 10.9. The van der Waals surface area contributed by atoms with Gasteiger partial charge in [0.05, 0.1) is 6.61 Å². The molecule has 0 aliphatic heterocycles. The largest absolute Gasteiger partial charge is 0.482 e. The molecule has 0 amide bonds. The third-order valence-electron chi connectivity index (χ3n) is 1.03. The monoisotopic (exact) mass is 252 g/mol. The lowest BCUT2D eigenvalue weighted by Gasteiger charge is -2.00. The molecule has 0 aromatic heterocycles. The van der Waals surface area contributed by atoms with Crippen molar-refractivity contribution in [3.63, 3.8) is 0 Å². The summed E-state index contributed by atoms with van der Waals surface area (Å²) in [5.74, 6) is 0.633. The maximum Gasteiger partial charge on any atom is 0.330 e. The number of carbonyl (C=O) groups is 1. The van der Waals surface area contributed by atoms with Crippen molar-refractivity contribution in [3.05, 3.63) is 12.2 Å². The molecular formula is C8H12O3S3. The van der Waals surface area contributed by atoms with Gasteiger partial charge >= 0.3 is 5.97 Å². The van der Waals surface area contributed by atoms with E-state index in [1.807, 2.05) is 0 Å². The summed E-state index contributed by atoms with van der Waals surface area (Å²) in [7, 11) is 0. The topological polar surface area (TPSA) is 35.5 Å². The van der Waals surface area contributed by atoms with Crippen LogP contribution in [-0.2, 0) is 14.3 Å². The Morgan fingerprint density at radius 2 is 1.71 bits per heavy atom. The fourth-order valence-corrected chi connectivity index (χ4v) is 0.859. The molecule has 0 unspecified atom stereocenters. The van der Waals surface area contributed by atoms with E-state index in [4.69, 9.17) is 21.7 Å². The average molecular weight is 252 g/mol. The second-order valence-corrected chi connectivity index (χ2v) is 3.41. The van der Waals surface area contributed by atoms with Gasteiger partial charge in [0, 0.05) is 17.6 Å². The molecule has 0 spiro atoms. The van der Waals surface area contributed by atoms with Crippen molar-refractivity contribution in [2.45, 2.75) is 0 Å². The molecule has 0 aliphatic rings. The lowest BCUT2D eigenvalue weighted by molar-refractivity contribution is -0.137. The first-order chi connectivity index (χ1) is 6.70. The fourth-order valence-electron chi connectivity index (χ4n) is 0.525. The Morgan fingerprint density at radius 1 is 1.14 bits per heavy atom. The number of hydrogen-bond donors (Lipinski definition) is 2. The van der Waals surface area contributed by atoms with E-state index in [1.54, 1.807) is 0 Å². The molecule has 0 aromatic carbocycles. The van der Waals surface area contributed by atoms with Crippen LogP contribution in [0.5, 0.6) is 0 Å². The molecule has 0 saturated heterocycles. The van der Waals surface area contributed by atoms with Gasteiger partial charge in [-0.3, -0.25) is 0 Å². The van der Waals surface area contributed by atoms with Gasteiger partial charge < -0.3 is 9.47 Å². The molecule has 0 atom stereocenters. The van der Waals surface area contributed by atoms with E-state index in [9.17, 15) is 4.79 Å². The second kappa shape index (κ2) is 9.36. The molecule has 0 radical (unpaired) electrons. The maximum atomic E-state index is 10.9. The Balaban J connectivity index is 3.68. The van der Waals surface area contributed by atoms with Crippen LogP contribution in [0.3, 0.4) is 0 Å². The highest BCUT2D eigenvalue weighted by atomic mass is 32.1. The van der Waals surface area contributed by atoms with Gasteiger partial charge in [-0.25, -0.2) is 4.79 Å². The van der Waals surface area contributed by atoms with Crippen molar-refractivity contribution < 1.29 is 14.3 Å². The quantitative estimate of drug-likeness (QED) is 0.323. The molecule has 0 aliphatic carbocycles. The molecule has 0 saturated carbocycles. The standard InChI is InChI=1S/C8H12O3S3/c9-7(10-3-5-12)1-2-8(14)11-4-6-13/h1-2,12-13H,3-6H2/b2-1-. The Morgan fingerprint density at radius 3 is 2.29 bits per heavy atom. The van der Waals surface area contributed by atoms with Gasteiger partial charge in [0.25, 0.3) is 0 Å². The zero-order chi connectivity index (χ0) is 10.8. The van der Waals surface area contributed by atoms with Crippen molar-refractivity contribution in [3.8, 4) is 0 Å². The summed E-state index contributed by atoms with van der Waals surface area (Å²) in [6.45, 7) is 0.717. The van der Waals surface area contributed by atoms with Crippen LogP contribution in [0.1, 0.15) is 0 Å². The fraction of sp³-hybridized carbons (Fsp3) is 0.500. The summed E-state index contributed by atoms with van der Waals surface area (Å²) >= 11 is 12.6. The van der Waals surface area contributed by atoms with E-state index in [-0.39, 0.29) is 11.7 Å². The first-order valence-corrected chi connectivity index (χ1v) is 5.61. The van der Waals surface area contributed by atoms with Crippen molar-refractivity contribution in [2.75, 3.05) is 24.7 Å². The summed E-state index contributed by atoms with van der Waals surface area (Å²) in [5.41, 5.74) is 0. The van der Waals surface area contributed by atoms with Crippen LogP contribution >= 0.6 is 37.5 Å². The molecule has 0 fully saturated rings. The number of esters is 1. The minimum atomic E-state index is -0.448. The molecule has 6 heteroatoms. The number of rotatable bonds is 6. The van der Waals surface area contributed by atoms with E-state index in [0.717, 1.165) is 0 Å². The Hall–Kier alpha value is -0.200. The van der Waals surface area contributed by atoms with Gasteiger partial charge in [0.15, 0.2) is 5.05 Å². The van der Waals surface area contributed by atoms with Gasteiger partial charge in [-0.1, -0.05) is 0 Å². The summed E-state index contributed by atoms with van der Waals surface area (Å²) in [4.78, 5) is 10.9. The van der Waals surface area contributed by atoms with Crippen molar-refractivity contribution in [1.29, 1.82) is 0 Å². The number of hydrogen-bond acceptors (Lipinski definition) is 6. The van der Waals surface area contributed by atoms with E-state index in [2.05, 4.69) is 25.3 Å². The average Bonchev–Trinajstić information content (AvgIpc) is 2.20. The predicted octanol–water partition coefficient (Wildman–Crippen LogP) is 1.29. The minimum absolute atomic E-state index is 0.252. The normalized spacial score (nSPS) is 10.1. The van der Waals surface area contributed by atoms with Crippen LogP contribution in [0, 0.1) is 0 Å². The van der Waals surface area contributed by atoms with Crippen LogP contribution in [0.25, 0.3) is 0 Å². The van der Waals surface area contributed by atoms with Gasteiger partial charge in [0.1, 0.15) is 6.61 Å². The van der Waals surface area contributed by atoms with E-state index >= 15 is 0 Å². The lowest BCUT2D eigenvalue weighted by Crippen LogP contribution is -2.05. The smallest absolute Gasteiger partial charge is 0.330 e. The third-order valence-corrected chi connectivity index (χ3v) is 1.65. The Labute approximate surface area is 99.7 Å². The molecule has 0 aromatic rings.